The second-order valence-electron chi connectivity index (χ2n) is 6.93. The summed E-state index contributed by atoms with van der Waals surface area (Å²) < 4.78 is 1.10. The highest BCUT2D eigenvalue weighted by Crippen LogP contribution is 2.31. The number of benzene rings is 1. The summed E-state index contributed by atoms with van der Waals surface area (Å²) in [5.74, 6) is 0. The largest absolute Gasteiger partial charge is 0.343 e. The van der Waals surface area contributed by atoms with Gasteiger partial charge in [0, 0.05) is 22.2 Å². The minimum absolute atomic E-state index is 0.641. The van der Waals surface area contributed by atoms with Crippen molar-refractivity contribution in [1.82, 2.24) is 4.90 Å². The second kappa shape index (κ2) is 8.48. The van der Waals surface area contributed by atoms with Crippen LogP contribution in [0.4, 0.5) is 5.69 Å². The van der Waals surface area contributed by atoms with E-state index < -0.39 is 0 Å². The Hall–Kier alpha value is -0.610. The molecule has 3 rings (SSSR count). The highest BCUT2D eigenvalue weighted by molar-refractivity contribution is 9.10. The molecule has 0 atom stereocenters. The molecule has 1 N–H and O–H groups in total. The maximum absolute atomic E-state index is 5.86. The van der Waals surface area contributed by atoms with Crippen molar-refractivity contribution >= 4 is 38.9 Å². The number of rotatable bonds is 3. The second-order valence-corrected chi connectivity index (χ2v) is 8.23. The van der Waals surface area contributed by atoms with Crippen LogP contribution in [0.1, 0.15) is 64.2 Å². The van der Waals surface area contributed by atoms with Crippen LogP contribution in [0.2, 0.25) is 0 Å². The van der Waals surface area contributed by atoms with E-state index in [1.54, 1.807) is 0 Å². The molecule has 0 aliphatic heterocycles. The zero-order chi connectivity index (χ0) is 16.1. The molecule has 126 valence electrons. The van der Waals surface area contributed by atoms with Gasteiger partial charge in [0.25, 0.3) is 0 Å². The first-order valence-electron chi connectivity index (χ1n) is 9.09. The van der Waals surface area contributed by atoms with Crippen LogP contribution in [0.3, 0.4) is 0 Å². The van der Waals surface area contributed by atoms with Crippen LogP contribution < -0.4 is 5.32 Å². The molecule has 2 aliphatic rings. The molecule has 2 nitrogen and oxygen atoms in total. The molecule has 4 heteroatoms. The molecular weight excluding hydrogens is 368 g/mol. The fourth-order valence-corrected chi connectivity index (χ4v) is 4.75. The Morgan fingerprint density at radius 3 is 1.83 bits per heavy atom. The molecule has 2 fully saturated rings. The van der Waals surface area contributed by atoms with E-state index in [1.165, 1.54) is 64.2 Å². The van der Waals surface area contributed by atoms with E-state index in [1.807, 2.05) is 0 Å². The summed E-state index contributed by atoms with van der Waals surface area (Å²) in [5.41, 5.74) is 1.09. The zero-order valence-electron chi connectivity index (χ0n) is 13.8. The number of hydrogen-bond acceptors (Lipinski definition) is 1. The summed E-state index contributed by atoms with van der Waals surface area (Å²) in [6.07, 6.45) is 13.4. The van der Waals surface area contributed by atoms with Crippen LogP contribution in [-0.2, 0) is 0 Å². The lowest BCUT2D eigenvalue weighted by molar-refractivity contribution is 0.160. The predicted molar refractivity (Wildman–Crippen MR) is 106 cm³/mol. The number of hydrogen-bond donors (Lipinski definition) is 1. The highest BCUT2D eigenvalue weighted by Gasteiger charge is 2.30. The molecule has 0 aromatic heterocycles. The van der Waals surface area contributed by atoms with Crippen molar-refractivity contribution in [3.63, 3.8) is 0 Å². The standard InChI is InChI=1S/C19H27BrN2S/c20-15-11-13-16(14-12-15)21-19(23)22(17-7-3-1-4-8-17)18-9-5-2-6-10-18/h11-14,17-18H,1-10H2,(H,21,23). The Balaban J connectivity index is 1.72. The van der Waals surface area contributed by atoms with Crippen LogP contribution in [0, 0.1) is 0 Å². The van der Waals surface area contributed by atoms with Crippen LogP contribution in [0.25, 0.3) is 0 Å². The minimum atomic E-state index is 0.641. The van der Waals surface area contributed by atoms with E-state index >= 15 is 0 Å². The van der Waals surface area contributed by atoms with Gasteiger partial charge in [0.15, 0.2) is 5.11 Å². The molecule has 1 aromatic rings. The zero-order valence-corrected chi connectivity index (χ0v) is 16.2. The molecule has 0 radical (unpaired) electrons. The van der Waals surface area contributed by atoms with Crippen molar-refractivity contribution < 1.29 is 0 Å². The van der Waals surface area contributed by atoms with E-state index in [2.05, 4.69) is 50.4 Å². The number of halogens is 1. The number of nitrogens with zero attached hydrogens (tertiary/aromatic N) is 1. The fraction of sp³-hybridized carbons (Fsp3) is 0.632. The van der Waals surface area contributed by atoms with Gasteiger partial charge in [-0.1, -0.05) is 54.5 Å². The van der Waals surface area contributed by atoms with Gasteiger partial charge in [-0.05, 0) is 62.2 Å². The Morgan fingerprint density at radius 2 is 1.35 bits per heavy atom. The molecule has 0 unspecified atom stereocenters. The lowest BCUT2D eigenvalue weighted by Gasteiger charge is -2.43. The third-order valence-corrected chi connectivity index (χ3v) is 6.11. The Bertz CT molecular complexity index is 487. The Labute approximate surface area is 154 Å². The van der Waals surface area contributed by atoms with Gasteiger partial charge >= 0.3 is 0 Å². The molecule has 0 saturated heterocycles. The number of thiocarbonyl (C=S) groups is 1. The summed E-state index contributed by atoms with van der Waals surface area (Å²) in [6.45, 7) is 0. The van der Waals surface area contributed by atoms with Crippen molar-refractivity contribution in [3.8, 4) is 0 Å². The summed E-state index contributed by atoms with van der Waals surface area (Å²) in [7, 11) is 0. The van der Waals surface area contributed by atoms with Gasteiger partial charge in [0.2, 0.25) is 0 Å². The monoisotopic (exact) mass is 394 g/mol. The molecule has 0 spiro atoms. The number of nitrogens with one attached hydrogen (secondary N) is 1. The van der Waals surface area contributed by atoms with Crippen LogP contribution in [-0.4, -0.2) is 22.1 Å². The SMILES string of the molecule is S=C(Nc1ccc(Br)cc1)N(C1CCCCC1)C1CCCCC1. The van der Waals surface area contributed by atoms with E-state index in [9.17, 15) is 0 Å². The highest BCUT2D eigenvalue weighted by atomic mass is 79.9. The van der Waals surface area contributed by atoms with Gasteiger partial charge in [0.05, 0.1) is 0 Å². The summed E-state index contributed by atoms with van der Waals surface area (Å²) in [6, 6.07) is 9.60. The minimum Gasteiger partial charge on any atom is -0.343 e. The molecule has 0 amide bonds. The first kappa shape index (κ1) is 17.2. The maximum Gasteiger partial charge on any atom is 0.173 e. The first-order valence-corrected chi connectivity index (χ1v) is 10.3. The molecule has 0 bridgehead atoms. The lowest BCUT2D eigenvalue weighted by Crippen LogP contribution is -2.50. The molecule has 23 heavy (non-hydrogen) atoms. The molecule has 0 heterocycles. The van der Waals surface area contributed by atoms with Crippen LogP contribution in [0.5, 0.6) is 0 Å². The van der Waals surface area contributed by atoms with E-state index in [4.69, 9.17) is 12.2 Å². The van der Waals surface area contributed by atoms with Crippen molar-refractivity contribution in [2.45, 2.75) is 76.3 Å². The third kappa shape index (κ3) is 4.69. The summed E-state index contributed by atoms with van der Waals surface area (Å²) in [4.78, 5) is 2.58. The van der Waals surface area contributed by atoms with Crippen LogP contribution >= 0.6 is 28.1 Å². The molecular formula is C19H27BrN2S. The number of anilines is 1. The summed E-state index contributed by atoms with van der Waals surface area (Å²) in [5, 5.41) is 4.44. The average Bonchev–Trinajstić information content (AvgIpc) is 2.59. The van der Waals surface area contributed by atoms with Gasteiger partial charge in [0.1, 0.15) is 0 Å². The van der Waals surface area contributed by atoms with Gasteiger partial charge in [-0.15, -0.1) is 0 Å². The topological polar surface area (TPSA) is 15.3 Å². The first-order chi connectivity index (χ1) is 11.2. The van der Waals surface area contributed by atoms with Crippen molar-refractivity contribution in [2.75, 3.05) is 5.32 Å². The summed E-state index contributed by atoms with van der Waals surface area (Å²) >= 11 is 9.35. The fourth-order valence-electron chi connectivity index (χ4n) is 4.07. The predicted octanol–water partition coefficient (Wildman–Crippen LogP) is 6.11. The quantitative estimate of drug-likeness (QED) is 0.622. The van der Waals surface area contributed by atoms with E-state index in [0.717, 1.165) is 15.3 Å². The normalized spacial score (nSPS) is 20.2. The van der Waals surface area contributed by atoms with E-state index in [0.29, 0.717) is 12.1 Å². The van der Waals surface area contributed by atoms with E-state index in [-0.39, 0.29) is 0 Å². The Morgan fingerprint density at radius 1 is 0.870 bits per heavy atom. The van der Waals surface area contributed by atoms with Crippen LogP contribution in [0.15, 0.2) is 28.7 Å². The van der Waals surface area contributed by atoms with Crippen molar-refractivity contribution in [1.29, 1.82) is 0 Å². The van der Waals surface area contributed by atoms with Gasteiger partial charge in [-0.25, -0.2) is 0 Å². The molecule has 2 aliphatic carbocycles. The van der Waals surface area contributed by atoms with Gasteiger partial charge in [-0.2, -0.15) is 0 Å². The third-order valence-electron chi connectivity index (χ3n) is 5.27. The van der Waals surface area contributed by atoms with Gasteiger partial charge in [-0.3, -0.25) is 0 Å². The lowest BCUT2D eigenvalue weighted by atomic mass is 9.89. The molecule has 1 aromatic carbocycles. The van der Waals surface area contributed by atoms with Gasteiger partial charge < -0.3 is 10.2 Å². The van der Waals surface area contributed by atoms with Crippen molar-refractivity contribution in [3.05, 3.63) is 28.7 Å². The maximum atomic E-state index is 5.86. The molecule has 2 saturated carbocycles. The smallest absolute Gasteiger partial charge is 0.173 e. The average molecular weight is 395 g/mol. The Kier molecular flexibility index (Phi) is 6.35. The van der Waals surface area contributed by atoms with Crippen molar-refractivity contribution in [2.24, 2.45) is 0 Å².